The second-order valence-corrected chi connectivity index (χ2v) is 7.18. The molecule has 0 saturated heterocycles. The Kier molecular flexibility index (Phi) is 4.42. The number of benzene rings is 2. The molecule has 7 heteroatoms. The third kappa shape index (κ3) is 3.20. The molecule has 0 bridgehead atoms. The molecule has 0 radical (unpaired) electrons. The Bertz CT molecular complexity index is 1080. The standard InChI is InChI=1S/C20H13F2N3OS/c21-14-4-2-5-15(22)17(14)25-19(26)20-24-16-6-1-3-12-8-7-11(10-23)9-13(12)18(16)27-20/h2,4-5,7-9H,1,3,6H2,(H,25,26). The fourth-order valence-electron chi connectivity index (χ4n) is 3.13. The molecule has 0 fully saturated rings. The van der Waals surface area contributed by atoms with E-state index in [9.17, 15) is 13.6 Å². The van der Waals surface area contributed by atoms with Crippen LogP contribution in [0.15, 0.2) is 36.4 Å². The fourth-order valence-corrected chi connectivity index (χ4v) is 4.19. The first-order valence-corrected chi connectivity index (χ1v) is 9.17. The summed E-state index contributed by atoms with van der Waals surface area (Å²) in [4.78, 5) is 17.7. The zero-order valence-corrected chi connectivity index (χ0v) is 14.9. The quantitative estimate of drug-likeness (QED) is 0.700. The van der Waals surface area contributed by atoms with Gasteiger partial charge >= 0.3 is 0 Å². The SMILES string of the molecule is N#Cc1ccc2c(c1)-c1sc(C(=O)Nc3c(F)cccc3F)nc1CCC2. The molecule has 0 saturated carbocycles. The number of nitrogens with one attached hydrogen (secondary N) is 1. The number of hydrogen-bond donors (Lipinski definition) is 1. The van der Waals surface area contributed by atoms with Gasteiger partial charge in [-0.05, 0) is 54.7 Å². The average Bonchev–Trinajstić information content (AvgIpc) is 3.02. The zero-order chi connectivity index (χ0) is 19.0. The lowest BCUT2D eigenvalue weighted by atomic mass is 10.0. The van der Waals surface area contributed by atoms with Crippen molar-refractivity contribution in [2.45, 2.75) is 19.3 Å². The Morgan fingerprint density at radius 3 is 2.70 bits per heavy atom. The number of fused-ring (bicyclic) bond motifs is 3. The van der Waals surface area contributed by atoms with Crippen molar-refractivity contribution in [1.82, 2.24) is 4.98 Å². The Morgan fingerprint density at radius 1 is 1.19 bits per heavy atom. The Morgan fingerprint density at radius 2 is 1.96 bits per heavy atom. The molecule has 0 unspecified atom stereocenters. The van der Waals surface area contributed by atoms with Crippen LogP contribution in [-0.2, 0) is 12.8 Å². The predicted octanol–water partition coefficient (Wildman–Crippen LogP) is 4.70. The van der Waals surface area contributed by atoms with Crippen LogP contribution in [0.5, 0.6) is 0 Å². The number of anilines is 1. The number of hydrogen-bond acceptors (Lipinski definition) is 4. The Balaban J connectivity index is 1.72. The van der Waals surface area contributed by atoms with Crippen LogP contribution in [0.3, 0.4) is 0 Å². The van der Waals surface area contributed by atoms with Crippen LogP contribution in [0.25, 0.3) is 10.4 Å². The summed E-state index contributed by atoms with van der Waals surface area (Å²) in [5.74, 6) is -2.34. The molecule has 4 nitrogen and oxygen atoms in total. The van der Waals surface area contributed by atoms with Crippen molar-refractivity contribution in [3.8, 4) is 16.5 Å². The molecule has 27 heavy (non-hydrogen) atoms. The molecule has 0 atom stereocenters. The van der Waals surface area contributed by atoms with Crippen molar-refractivity contribution in [2.75, 3.05) is 5.32 Å². The average molecular weight is 381 g/mol. The van der Waals surface area contributed by atoms with E-state index in [1.807, 2.05) is 6.07 Å². The highest BCUT2D eigenvalue weighted by molar-refractivity contribution is 7.17. The van der Waals surface area contributed by atoms with E-state index in [-0.39, 0.29) is 5.01 Å². The van der Waals surface area contributed by atoms with Gasteiger partial charge in [-0.3, -0.25) is 4.79 Å². The number of nitrogens with zero attached hydrogens (tertiary/aromatic N) is 2. The van der Waals surface area contributed by atoms with E-state index in [1.165, 1.54) is 17.4 Å². The van der Waals surface area contributed by atoms with E-state index in [0.29, 0.717) is 12.0 Å². The van der Waals surface area contributed by atoms with Gasteiger partial charge in [0, 0.05) is 0 Å². The highest BCUT2D eigenvalue weighted by Crippen LogP contribution is 2.37. The van der Waals surface area contributed by atoms with Crippen molar-refractivity contribution in [3.05, 3.63) is 69.9 Å². The van der Waals surface area contributed by atoms with Gasteiger partial charge in [-0.2, -0.15) is 5.26 Å². The van der Waals surface area contributed by atoms with Crippen LogP contribution in [0.4, 0.5) is 14.5 Å². The predicted molar refractivity (Wildman–Crippen MR) is 98.6 cm³/mol. The minimum absolute atomic E-state index is 0.137. The molecular formula is C20H13F2N3OS. The van der Waals surface area contributed by atoms with E-state index in [4.69, 9.17) is 5.26 Å². The lowest BCUT2D eigenvalue weighted by molar-refractivity contribution is 0.102. The summed E-state index contributed by atoms with van der Waals surface area (Å²) < 4.78 is 27.6. The number of aryl methyl sites for hydroxylation is 2. The third-order valence-corrected chi connectivity index (χ3v) is 5.57. The summed E-state index contributed by atoms with van der Waals surface area (Å²) in [5.41, 5.74) is 2.82. The van der Waals surface area contributed by atoms with Gasteiger partial charge in [-0.25, -0.2) is 13.8 Å². The molecule has 1 aliphatic carbocycles. The molecule has 1 heterocycles. The molecule has 2 aromatic carbocycles. The van der Waals surface area contributed by atoms with Gasteiger partial charge in [0.05, 0.1) is 22.2 Å². The number of amides is 1. The van der Waals surface area contributed by atoms with Crippen LogP contribution >= 0.6 is 11.3 Å². The minimum Gasteiger partial charge on any atom is -0.315 e. The van der Waals surface area contributed by atoms with Crippen LogP contribution < -0.4 is 5.32 Å². The highest BCUT2D eigenvalue weighted by atomic mass is 32.1. The smallest absolute Gasteiger partial charge is 0.284 e. The van der Waals surface area contributed by atoms with Crippen molar-refractivity contribution >= 4 is 22.9 Å². The summed E-state index contributed by atoms with van der Waals surface area (Å²) in [6, 6.07) is 11.0. The van der Waals surface area contributed by atoms with Crippen molar-refractivity contribution in [3.63, 3.8) is 0 Å². The summed E-state index contributed by atoms with van der Waals surface area (Å²) in [5, 5.41) is 11.6. The maximum atomic E-state index is 13.8. The molecule has 1 amide bonds. The number of para-hydroxylation sites is 1. The van der Waals surface area contributed by atoms with E-state index < -0.39 is 23.2 Å². The molecule has 3 aromatic rings. The normalized spacial score (nSPS) is 12.5. The maximum Gasteiger partial charge on any atom is 0.284 e. The lowest BCUT2D eigenvalue weighted by Crippen LogP contribution is -2.14. The largest absolute Gasteiger partial charge is 0.315 e. The summed E-state index contributed by atoms with van der Waals surface area (Å²) in [6.07, 6.45) is 2.44. The Labute approximate surface area is 158 Å². The van der Waals surface area contributed by atoms with Crippen LogP contribution in [0.1, 0.15) is 33.0 Å². The molecule has 4 rings (SSSR count). The first-order chi connectivity index (χ1) is 13.1. The second kappa shape index (κ2) is 6.89. The third-order valence-electron chi connectivity index (χ3n) is 4.44. The Hall–Kier alpha value is -3.11. The number of thiazole rings is 1. The van der Waals surface area contributed by atoms with E-state index >= 15 is 0 Å². The van der Waals surface area contributed by atoms with E-state index in [1.54, 1.807) is 12.1 Å². The number of rotatable bonds is 2. The number of nitriles is 1. The topological polar surface area (TPSA) is 65.8 Å². The minimum atomic E-state index is -0.842. The number of halogens is 2. The van der Waals surface area contributed by atoms with Gasteiger partial charge in [0.1, 0.15) is 17.3 Å². The van der Waals surface area contributed by atoms with Gasteiger partial charge in [0.25, 0.3) is 5.91 Å². The maximum absolute atomic E-state index is 13.8. The first kappa shape index (κ1) is 17.3. The molecule has 1 aliphatic rings. The summed E-state index contributed by atoms with van der Waals surface area (Å²) >= 11 is 1.17. The molecule has 0 aliphatic heterocycles. The summed E-state index contributed by atoms with van der Waals surface area (Å²) in [6.45, 7) is 0. The van der Waals surface area contributed by atoms with Crippen molar-refractivity contribution < 1.29 is 13.6 Å². The molecule has 134 valence electrons. The van der Waals surface area contributed by atoms with Gasteiger partial charge in [-0.1, -0.05) is 12.1 Å². The van der Waals surface area contributed by atoms with Gasteiger partial charge in [0.2, 0.25) is 0 Å². The van der Waals surface area contributed by atoms with E-state index in [2.05, 4.69) is 16.4 Å². The first-order valence-electron chi connectivity index (χ1n) is 8.35. The highest BCUT2D eigenvalue weighted by Gasteiger charge is 2.23. The van der Waals surface area contributed by atoms with Crippen LogP contribution in [0.2, 0.25) is 0 Å². The van der Waals surface area contributed by atoms with Gasteiger partial charge < -0.3 is 5.32 Å². The number of aromatic nitrogens is 1. The molecule has 1 aromatic heterocycles. The summed E-state index contributed by atoms with van der Waals surface area (Å²) in [7, 11) is 0. The molecular weight excluding hydrogens is 368 g/mol. The van der Waals surface area contributed by atoms with Gasteiger partial charge in [0.15, 0.2) is 5.01 Å². The van der Waals surface area contributed by atoms with Crippen LogP contribution in [-0.4, -0.2) is 10.9 Å². The second-order valence-electron chi connectivity index (χ2n) is 6.18. The molecule has 1 N–H and O–H groups in total. The van der Waals surface area contributed by atoms with Gasteiger partial charge in [-0.15, -0.1) is 11.3 Å². The van der Waals surface area contributed by atoms with E-state index in [0.717, 1.165) is 46.7 Å². The molecule has 0 spiro atoms. The van der Waals surface area contributed by atoms with Crippen molar-refractivity contribution in [2.24, 2.45) is 0 Å². The lowest BCUT2D eigenvalue weighted by Gasteiger charge is -2.06. The number of carbonyl (C=O) groups excluding carboxylic acids is 1. The number of carbonyl (C=O) groups is 1. The van der Waals surface area contributed by atoms with Crippen molar-refractivity contribution in [1.29, 1.82) is 5.26 Å². The monoisotopic (exact) mass is 381 g/mol. The fraction of sp³-hybridized carbons (Fsp3) is 0.150. The van der Waals surface area contributed by atoms with Crippen LogP contribution in [0, 0.1) is 23.0 Å². The zero-order valence-electron chi connectivity index (χ0n) is 14.1.